The Bertz CT molecular complexity index is 1050. The van der Waals surface area contributed by atoms with Crippen molar-refractivity contribution >= 4 is 52.4 Å². The van der Waals surface area contributed by atoms with Crippen molar-refractivity contribution in [2.45, 2.75) is 72.4 Å². The topological polar surface area (TPSA) is 38.1 Å². The van der Waals surface area contributed by atoms with Gasteiger partial charge in [0.05, 0.1) is 16.5 Å². The van der Waals surface area contributed by atoms with Crippen LogP contribution in [0.5, 0.6) is 0 Å². The lowest BCUT2D eigenvalue weighted by molar-refractivity contribution is 0.687. The zero-order valence-electron chi connectivity index (χ0n) is 16.8. The number of rotatable bonds is 6. The second-order valence-corrected chi connectivity index (χ2v) is 10.9. The summed E-state index contributed by atoms with van der Waals surface area (Å²) >= 11 is 16.0. The van der Waals surface area contributed by atoms with Crippen molar-refractivity contribution in [2.75, 3.05) is 0 Å². The Kier molecular flexibility index (Phi) is 6.16. The molecule has 0 bridgehead atoms. The lowest BCUT2D eigenvalue weighted by Crippen LogP contribution is -2.21. The molecule has 3 aliphatic rings. The van der Waals surface area contributed by atoms with Gasteiger partial charge in [-0.1, -0.05) is 59.9 Å². The van der Waals surface area contributed by atoms with Crippen molar-refractivity contribution in [3.8, 4) is 0 Å². The number of thioether (sulfide) groups is 2. The quantitative estimate of drug-likeness (QED) is 0.316. The molecule has 30 heavy (non-hydrogen) atoms. The number of unbranched alkanes of at least 4 members (excludes halogenated alkanes) is 1. The Balaban J connectivity index is 1.43. The first-order valence-electron chi connectivity index (χ1n) is 10.5. The number of dihydropyridines is 1. The van der Waals surface area contributed by atoms with E-state index < -0.39 is 0 Å². The van der Waals surface area contributed by atoms with Crippen LogP contribution in [-0.4, -0.2) is 21.1 Å². The van der Waals surface area contributed by atoms with Gasteiger partial charge in [-0.2, -0.15) is 0 Å². The average molecular weight is 476 g/mol. The summed E-state index contributed by atoms with van der Waals surface area (Å²) in [5.74, 6) is 1.09. The highest BCUT2D eigenvalue weighted by atomic mass is 35.5. The third kappa shape index (κ3) is 3.83. The zero-order valence-corrected chi connectivity index (χ0v) is 20.0. The molecule has 2 atom stereocenters. The third-order valence-electron chi connectivity index (χ3n) is 6.03. The van der Waals surface area contributed by atoms with E-state index in [0.717, 1.165) is 22.8 Å². The van der Waals surface area contributed by atoms with Gasteiger partial charge >= 0.3 is 0 Å². The fourth-order valence-electron chi connectivity index (χ4n) is 4.58. The van der Waals surface area contributed by atoms with Crippen molar-refractivity contribution < 1.29 is 0 Å². The highest BCUT2D eigenvalue weighted by molar-refractivity contribution is 8.02. The van der Waals surface area contributed by atoms with Gasteiger partial charge in [0.2, 0.25) is 0 Å². The molecular formula is C23H23Cl2N3S2. The number of allylic oxidation sites excluding steroid dienone is 1. The van der Waals surface area contributed by atoms with Crippen LogP contribution in [0.2, 0.25) is 10.0 Å². The van der Waals surface area contributed by atoms with Gasteiger partial charge < -0.3 is 0 Å². The van der Waals surface area contributed by atoms with Gasteiger partial charge in [-0.15, -0.1) is 11.8 Å². The molecule has 3 heterocycles. The Morgan fingerprint density at radius 3 is 2.93 bits per heavy atom. The summed E-state index contributed by atoms with van der Waals surface area (Å²) in [6, 6.07) is 5.68. The molecule has 1 aromatic heterocycles. The van der Waals surface area contributed by atoms with Gasteiger partial charge in [0.1, 0.15) is 16.7 Å². The summed E-state index contributed by atoms with van der Waals surface area (Å²) in [5.41, 5.74) is 6.75. The van der Waals surface area contributed by atoms with Gasteiger partial charge in [-0.3, -0.25) is 4.99 Å². The molecule has 2 aromatic rings. The minimum absolute atomic E-state index is 0.221. The maximum absolute atomic E-state index is 6.37. The number of halogens is 2. The fraction of sp³-hybridized carbons (Fsp3) is 0.435. The molecular weight excluding hydrogens is 453 g/mol. The monoisotopic (exact) mass is 475 g/mol. The molecule has 0 radical (unpaired) electrons. The lowest BCUT2D eigenvalue weighted by Gasteiger charge is -2.26. The van der Waals surface area contributed by atoms with Crippen LogP contribution in [0.15, 0.2) is 50.6 Å². The van der Waals surface area contributed by atoms with E-state index in [1.54, 1.807) is 35.3 Å². The van der Waals surface area contributed by atoms with E-state index in [1.165, 1.54) is 48.4 Å². The van der Waals surface area contributed by atoms with E-state index in [1.807, 2.05) is 23.9 Å². The van der Waals surface area contributed by atoms with Crippen molar-refractivity contribution in [3.63, 3.8) is 0 Å². The lowest BCUT2D eigenvalue weighted by atomic mass is 9.87. The number of benzene rings is 1. The minimum atomic E-state index is 0.221. The number of fused-ring (bicyclic) bond motifs is 4. The van der Waals surface area contributed by atoms with Gasteiger partial charge in [0, 0.05) is 21.5 Å². The van der Waals surface area contributed by atoms with Crippen molar-refractivity contribution in [3.05, 3.63) is 57.0 Å². The molecule has 0 N–H and O–H groups in total. The van der Waals surface area contributed by atoms with E-state index in [2.05, 4.69) is 11.9 Å². The Labute approximate surface area is 196 Å². The summed E-state index contributed by atoms with van der Waals surface area (Å²) in [4.78, 5) is 15.8. The highest BCUT2D eigenvalue weighted by Crippen LogP contribution is 2.56. The fourth-order valence-corrected chi connectivity index (χ4v) is 7.66. The molecule has 0 saturated heterocycles. The van der Waals surface area contributed by atoms with E-state index in [9.17, 15) is 0 Å². The average Bonchev–Trinajstić information content (AvgIpc) is 3.36. The SMILES string of the molecule is CCCCC1=N[C@@H]2Sc3c(SCc4ccc(Cl)cc4Cl)ncnc3[C@H]2C2=C1CCC2. The van der Waals surface area contributed by atoms with Gasteiger partial charge in [-0.25, -0.2) is 9.97 Å². The van der Waals surface area contributed by atoms with Crippen LogP contribution in [0.1, 0.15) is 62.6 Å². The van der Waals surface area contributed by atoms with E-state index in [0.29, 0.717) is 16.0 Å². The molecule has 0 amide bonds. The van der Waals surface area contributed by atoms with Gasteiger partial charge in [0.25, 0.3) is 0 Å². The molecule has 3 nitrogen and oxygen atoms in total. The van der Waals surface area contributed by atoms with Crippen LogP contribution in [0, 0.1) is 0 Å². The number of aliphatic imine (C=N–C) groups is 1. The number of hydrogen-bond acceptors (Lipinski definition) is 5. The Morgan fingerprint density at radius 2 is 2.10 bits per heavy atom. The highest BCUT2D eigenvalue weighted by Gasteiger charge is 2.44. The predicted octanol–water partition coefficient (Wildman–Crippen LogP) is 7.72. The second kappa shape index (κ2) is 8.85. The number of nitrogens with zero attached hydrogens (tertiary/aromatic N) is 3. The molecule has 1 aromatic carbocycles. The van der Waals surface area contributed by atoms with Crippen LogP contribution < -0.4 is 0 Å². The van der Waals surface area contributed by atoms with Gasteiger partial charge in [0.15, 0.2) is 0 Å². The number of hydrogen-bond donors (Lipinski definition) is 0. The van der Waals surface area contributed by atoms with E-state index >= 15 is 0 Å². The molecule has 156 valence electrons. The summed E-state index contributed by atoms with van der Waals surface area (Å²) in [6.45, 7) is 2.25. The Morgan fingerprint density at radius 1 is 1.20 bits per heavy atom. The molecule has 0 unspecified atom stereocenters. The van der Waals surface area contributed by atoms with Crippen LogP contribution in [0.4, 0.5) is 0 Å². The van der Waals surface area contributed by atoms with Crippen molar-refractivity contribution in [1.82, 2.24) is 9.97 Å². The largest absolute Gasteiger partial charge is 0.274 e. The summed E-state index contributed by atoms with van der Waals surface area (Å²) in [6.07, 6.45) is 8.88. The summed E-state index contributed by atoms with van der Waals surface area (Å²) in [7, 11) is 0. The number of aromatic nitrogens is 2. The smallest absolute Gasteiger partial charge is 0.117 e. The molecule has 7 heteroatoms. The van der Waals surface area contributed by atoms with Crippen LogP contribution in [-0.2, 0) is 5.75 Å². The first kappa shape index (κ1) is 20.9. The Hall–Kier alpha value is -1.01. The molecule has 0 saturated carbocycles. The zero-order chi connectivity index (χ0) is 20.7. The van der Waals surface area contributed by atoms with Crippen molar-refractivity contribution in [1.29, 1.82) is 0 Å². The van der Waals surface area contributed by atoms with Gasteiger partial charge in [-0.05, 0) is 55.4 Å². The van der Waals surface area contributed by atoms with Crippen LogP contribution in [0.25, 0.3) is 0 Å². The molecule has 1 aliphatic carbocycles. The van der Waals surface area contributed by atoms with Crippen molar-refractivity contribution in [2.24, 2.45) is 4.99 Å². The molecule has 0 spiro atoms. The summed E-state index contributed by atoms with van der Waals surface area (Å²) < 4.78 is 0. The van der Waals surface area contributed by atoms with E-state index in [4.69, 9.17) is 33.2 Å². The summed E-state index contributed by atoms with van der Waals surface area (Å²) in [5, 5.41) is 2.62. The van der Waals surface area contributed by atoms with Crippen LogP contribution >= 0.6 is 46.7 Å². The minimum Gasteiger partial charge on any atom is -0.274 e. The standard InChI is InChI=1S/C23H23Cl2N3S2/c1-2-3-7-18-15-5-4-6-16(15)19-20-21(30-22(19)28-18)23(27-12-26-20)29-11-13-8-9-14(24)10-17(13)25/h8-10,12,19,22H,2-7,11H2,1H3/t19-,22-/m1/s1. The first-order valence-corrected chi connectivity index (χ1v) is 13.1. The predicted molar refractivity (Wildman–Crippen MR) is 128 cm³/mol. The molecule has 2 aliphatic heterocycles. The second-order valence-electron chi connectivity index (χ2n) is 7.94. The van der Waals surface area contributed by atoms with Crippen LogP contribution in [0.3, 0.4) is 0 Å². The molecule has 0 fully saturated rings. The van der Waals surface area contributed by atoms with E-state index in [-0.39, 0.29) is 5.37 Å². The molecule has 5 rings (SSSR count). The maximum Gasteiger partial charge on any atom is 0.117 e. The normalized spacial score (nSPS) is 22.0. The maximum atomic E-state index is 6.37. The first-order chi connectivity index (χ1) is 14.7. The third-order valence-corrected chi connectivity index (χ3v) is 9.04.